The zero-order valence-corrected chi connectivity index (χ0v) is 39.1. The molecule has 0 aromatic heterocycles. The van der Waals surface area contributed by atoms with Gasteiger partial charge < -0.3 is 21.1 Å². The van der Waals surface area contributed by atoms with Gasteiger partial charge in [0.2, 0.25) is 0 Å². The van der Waals surface area contributed by atoms with Crippen molar-refractivity contribution in [2.45, 2.75) is 297 Å². The van der Waals surface area contributed by atoms with Crippen molar-refractivity contribution < 1.29 is 20.1 Å². The SMILES string of the molecule is CCCCCCCC/C=C\CCCCCCCC(=O)O.CCCCCCCC/C=C\CCCCCCCCN.CCCCCCCCCCCCCCCC(O)O. The van der Waals surface area contributed by atoms with E-state index in [0.29, 0.717) is 12.8 Å². The van der Waals surface area contributed by atoms with Crippen LogP contribution in [0.2, 0.25) is 0 Å². The molecule has 0 unspecified atom stereocenters. The number of rotatable bonds is 44. The summed E-state index contributed by atoms with van der Waals surface area (Å²) in [6, 6.07) is 0. The lowest BCUT2D eigenvalue weighted by atomic mass is 10.0. The van der Waals surface area contributed by atoms with Crippen molar-refractivity contribution in [3.05, 3.63) is 24.3 Å². The minimum Gasteiger partial charge on any atom is -0.481 e. The third kappa shape index (κ3) is 69.8. The van der Waals surface area contributed by atoms with Crippen LogP contribution < -0.4 is 5.73 Å². The highest BCUT2D eigenvalue weighted by atomic mass is 16.5. The number of aliphatic hydroxyl groups is 2. The third-order valence-corrected chi connectivity index (χ3v) is 10.9. The molecule has 5 nitrogen and oxygen atoms in total. The molecular formula is C52H105NO4. The van der Waals surface area contributed by atoms with Crippen LogP contribution in [0, 0.1) is 0 Å². The first-order chi connectivity index (χ1) is 28.0. The first kappa shape index (κ1) is 60.1. The summed E-state index contributed by atoms with van der Waals surface area (Å²) in [4.78, 5) is 10.3. The molecule has 57 heavy (non-hydrogen) atoms. The molecule has 0 atom stereocenters. The van der Waals surface area contributed by atoms with Crippen molar-refractivity contribution in [1.29, 1.82) is 0 Å². The van der Waals surface area contributed by atoms with Crippen LogP contribution in [0.25, 0.3) is 0 Å². The van der Waals surface area contributed by atoms with Crippen LogP contribution in [-0.2, 0) is 4.79 Å². The van der Waals surface area contributed by atoms with E-state index in [-0.39, 0.29) is 0 Å². The molecular weight excluding hydrogens is 703 g/mol. The van der Waals surface area contributed by atoms with Gasteiger partial charge in [-0.1, -0.05) is 231 Å². The molecule has 342 valence electrons. The fraction of sp³-hybridized carbons (Fsp3) is 0.904. The van der Waals surface area contributed by atoms with Crippen LogP contribution >= 0.6 is 0 Å². The monoisotopic (exact) mass is 808 g/mol. The lowest BCUT2D eigenvalue weighted by Crippen LogP contribution is -2.02. The van der Waals surface area contributed by atoms with Crippen LogP contribution in [-0.4, -0.2) is 34.1 Å². The molecule has 0 amide bonds. The molecule has 0 aromatic rings. The molecule has 0 heterocycles. The van der Waals surface area contributed by atoms with Gasteiger partial charge in [0.05, 0.1) is 0 Å². The topological polar surface area (TPSA) is 104 Å². The van der Waals surface area contributed by atoms with Crippen molar-refractivity contribution >= 4 is 5.97 Å². The average Bonchev–Trinajstić information content (AvgIpc) is 3.20. The summed E-state index contributed by atoms with van der Waals surface area (Å²) in [5.41, 5.74) is 5.47. The van der Waals surface area contributed by atoms with E-state index in [1.54, 1.807) is 0 Å². The van der Waals surface area contributed by atoms with Gasteiger partial charge in [0, 0.05) is 6.42 Å². The molecule has 0 aliphatic rings. The van der Waals surface area contributed by atoms with E-state index in [1.165, 1.54) is 231 Å². The zero-order valence-electron chi connectivity index (χ0n) is 39.1. The number of nitrogens with two attached hydrogens (primary N) is 1. The maximum atomic E-state index is 10.3. The van der Waals surface area contributed by atoms with Crippen LogP contribution in [0.3, 0.4) is 0 Å². The lowest BCUT2D eigenvalue weighted by Gasteiger charge is -2.04. The summed E-state index contributed by atoms with van der Waals surface area (Å²) >= 11 is 0. The minimum atomic E-state index is -1.10. The molecule has 0 saturated heterocycles. The number of aliphatic carboxylic acids is 1. The molecule has 0 spiro atoms. The molecule has 0 bridgehead atoms. The van der Waals surface area contributed by atoms with Gasteiger partial charge in [0.15, 0.2) is 6.29 Å². The summed E-state index contributed by atoms with van der Waals surface area (Å²) in [5, 5.41) is 25.9. The van der Waals surface area contributed by atoms with Gasteiger partial charge in [0.1, 0.15) is 0 Å². The Hall–Kier alpha value is -1.17. The second kappa shape index (κ2) is 59.1. The number of aliphatic hydroxyl groups excluding tert-OH is 1. The molecule has 0 fully saturated rings. The van der Waals surface area contributed by atoms with E-state index in [0.717, 1.165) is 32.2 Å². The maximum absolute atomic E-state index is 10.3. The lowest BCUT2D eigenvalue weighted by molar-refractivity contribution is -0.137. The Morgan fingerprint density at radius 1 is 0.386 bits per heavy atom. The largest absolute Gasteiger partial charge is 0.481 e. The molecule has 0 aromatic carbocycles. The number of unbranched alkanes of at least 4 members (excludes halogenated alkanes) is 35. The number of carbonyl (C=O) groups is 1. The second-order valence-corrected chi connectivity index (χ2v) is 17.0. The highest BCUT2D eigenvalue weighted by Gasteiger charge is 1.98. The Morgan fingerprint density at radius 2 is 0.632 bits per heavy atom. The number of hydrogen-bond donors (Lipinski definition) is 4. The standard InChI is InChI=1S/C18H37N.C18H34O2.C16H34O2/c1-2-3-4-5-6-7-8-9-10-11-12-13-14-15-16-17-18-19;1-2-3-4-5-6-7-8-9-10-11-12-13-14-15-16-17-18(19)20;1-2-3-4-5-6-7-8-9-10-11-12-13-14-15-16(17)18/h9-10H,2-8,11-19H2,1H3;9-10H,2-8,11-17H2,1H3,(H,19,20);16-18H,2-15H2,1H3/b2*10-9-;. The molecule has 0 rings (SSSR count). The van der Waals surface area contributed by atoms with E-state index in [1.807, 2.05) is 0 Å². The van der Waals surface area contributed by atoms with Gasteiger partial charge in [-0.25, -0.2) is 0 Å². The predicted molar refractivity (Wildman–Crippen MR) is 254 cm³/mol. The molecule has 0 aliphatic carbocycles. The van der Waals surface area contributed by atoms with Crippen molar-refractivity contribution in [1.82, 2.24) is 0 Å². The maximum Gasteiger partial charge on any atom is 0.303 e. The summed E-state index contributed by atoms with van der Waals surface area (Å²) in [6.07, 6.45) is 61.8. The molecule has 0 aliphatic heterocycles. The van der Waals surface area contributed by atoms with Crippen LogP contribution in [0.1, 0.15) is 290 Å². The van der Waals surface area contributed by atoms with Crippen molar-refractivity contribution in [2.75, 3.05) is 6.54 Å². The van der Waals surface area contributed by atoms with E-state index in [2.05, 4.69) is 45.1 Å². The van der Waals surface area contributed by atoms with Crippen molar-refractivity contribution in [2.24, 2.45) is 5.73 Å². The Morgan fingerprint density at radius 3 is 0.895 bits per heavy atom. The fourth-order valence-electron chi connectivity index (χ4n) is 7.08. The van der Waals surface area contributed by atoms with Gasteiger partial charge in [0.25, 0.3) is 0 Å². The predicted octanol–water partition coefficient (Wildman–Crippen LogP) is 16.9. The van der Waals surface area contributed by atoms with Gasteiger partial charge in [-0.05, 0) is 83.6 Å². The number of carboxylic acids is 1. The van der Waals surface area contributed by atoms with Gasteiger partial charge >= 0.3 is 5.97 Å². The smallest absolute Gasteiger partial charge is 0.303 e. The molecule has 5 heteroatoms. The highest BCUT2D eigenvalue weighted by Crippen LogP contribution is 2.14. The summed E-state index contributed by atoms with van der Waals surface area (Å²) in [5.74, 6) is -0.664. The Bertz CT molecular complexity index is 752. The van der Waals surface area contributed by atoms with Crippen LogP contribution in [0.15, 0.2) is 24.3 Å². The average molecular weight is 808 g/mol. The van der Waals surface area contributed by atoms with E-state index in [4.69, 9.17) is 21.1 Å². The Labute approximate surface area is 358 Å². The molecule has 0 saturated carbocycles. The Kier molecular flexibility index (Phi) is 62.4. The first-order valence-electron chi connectivity index (χ1n) is 25.5. The third-order valence-electron chi connectivity index (χ3n) is 10.9. The van der Waals surface area contributed by atoms with Gasteiger partial charge in [-0.2, -0.15) is 0 Å². The summed E-state index contributed by atoms with van der Waals surface area (Å²) in [7, 11) is 0. The fourth-order valence-corrected chi connectivity index (χ4v) is 7.08. The van der Waals surface area contributed by atoms with Gasteiger partial charge in [-0.3, -0.25) is 4.79 Å². The Balaban J connectivity index is -0.000000768. The van der Waals surface area contributed by atoms with Crippen molar-refractivity contribution in [3.8, 4) is 0 Å². The van der Waals surface area contributed by atoms with Crippen molar-refractivity contribution in [3.63, 3.8) is 0 Å². The van der Waals surface area contributed by atoms with Crippen LogP contribution in [0.5, 0.6) is 0 Å². The summed E-state index contributed by atoms with van der Waals surface area (Å²) < 4.78 is 0. The minimum absolute atomic E-state index is 0.332. The number of carboxylic acid groups (broad SMARTS) is 1. The molecule has 0 radical (unpaired) electrons. The second-order valence-electron chi connectivity index (χ2n) is 17.0. The normalized spacial score (nSPS) is 11.4. The zero-order chi connectivity index (χ0) is 42.4. The van der Waals surface area contributed by atoms with E-state index >= 15 is 0 Å². The molecule has 5 N–H and O–H groups in total. The number of allylic oxidation sites excluding steroid dienone is 4. The summed E-state index contributed by atoms with van der Waals surface area (Å²) in [6.45, 7) is 7.66. The number of hydrogen-bond acceptors (Lipinski definition) is 4. The van der Waals surface area contributed by atoms with Gasteiger partial charge in [-0.15, -0.1) is 0 Å². The van der Waals surface area contributed by atoms with Crippen LogP contribution in [0.4, 0.5) is 0 Å². The first-order valence-corrected chi connectivity index (χ1v) is 25.5. The van der Waals surface area contributed by atoms with E-state index in [9.17, 15) is 4.79 Å². The highest BCUT2D eigenvalue weighted by molar-refractivity contribution is 5.66. The van der Waals surface area contributed by atoms with E-state index < -0.39 is 12.3 Å². The quantitative estimate of drug-likeness (QED) is 0.0279.